The van der Waals surface area contributed by atoms with Crippen molar-refractivity contribution >= 4 is 86.6 Å². The normalized spacial score (nSPS) is 16.6. The zero-order valence-corrected chi connectivity index (χ0v) is 30.8. The quantitative estimate of drug-likeness (QED) is 0.160. The van der Waals surface area contributed by atoms with Gasteiger partial charge in [-0.25, -0.2) is 0 Å². The molecule has 0 N–H and O–H groups in total. The molecule has 0 fully saturated rings. The van der Waals surface area contributed by atoms with Gasteiger partial charge in [-0.3, -0.25) is 0 Å². The van der Waals surface area contributed by atoms with Gasteiger partial charge in [0, 0.05) is 11.8 Å². The van der Waals surface area contributed by atoms with Gasteiger partial charge in [-0.1, -0.05) is 182 Å². The van der Waals surface area contributed by atoms with E-state index in [1.54, 1.807) is 0 Å². The zero-order chi connectivity index (χ0) is 36.7. The lowest BCUT2D eigenvalue weighted by atomic mass is 9.78. The zero-order valence-electron chi connectivity index (χ0n) is 30.8. The minimum Gasteiger partial charge on any atom is -0.0761 e. The predicted octanol–water partition coefficient (Wildman–Crippen LogP) is 15.3. The first-order chi connectivity index (χ1) is 27.7. The molecule has 2 unspecified atom stereocenters. The molecular weight excluding hydrogens is 673 g/mol. The van der Waals surface area contributed by atoms with Gasteiger partial charge in [0.25, 0.3) is 0 Å². The average Bonchev–Trinajstić information content (AvgIpc) is 3.27. The van der Waals surface area contributed by atoms with E-state index in [0.29, 0.717) is 11.8 Å². The van der Waals surface area contributed by atoms with Crippen molar-refractivity contribution in [1.29, 1.82) is 0 Å². The first kappa shape index (κ1) is 31.3. The van der Waals surface area contributed by atoms with Crippen molar-refractivity contribution < 1.29 is 0 Å². The molecule has 2 aliphatic carbocycles. The van der Waals surface area contributed by atoms with Gasteiger partial charge in [0.1, 0.15) is 0 Å². The largest absolute Gasteiger partial charge is 0.0761 e. The molecule has 0 nitrogen and oxygen atoms in total. The molecule has 0 aromatic heterocycles. The molecule has 0 heteroatoms. The number of allylic oxidation sites excluding steroid dienone is 8. The van der Waals surface area contributed by atoms with Crippen molar-refractivity contribution in [3.05, 3.63) is 217 Å². The summed E-state index contributed by atoms with van der Waals surface area (Å²) in [6.45, 7) is 0. The van der Waals surface area contributed by atoms with Crippen molar-refractivity contribution in [1.82, 2.24) is 0 Å². The second-order valence-corrected chi connectivity index (χ2v) is 15.7. The second kappa shape index (κ2) is 12.2. The minimum atomic E-state index is 0.347. The highest BCUT2D eigenvalue weighted by Crippen LogP contribution is 2.40. The number of benzene rings is 10. The third-order valence-corrected chi connectivity index (χ3v) is 12.5. The van der Waals surface area contributed by atoms with Gasteiger partial charge in [-0.05, 0) is 133 Å². The topological polar surface area (TPSA) is 0 Å². The Morgan fingerprint density at radius 2 is 0.607 bits per heavy atom. The van der Waals surface area contributed by atoms with Crippen LogP contribution in [0.1, 0.15) is 11.1 Å². The summed E-state index contributed by atoms with van der Waals surface area (Å²) < 4.78 is 0. The minimum absolute atomic E-state index is 0.347. The standard InChI is InChI=1S/C56H36/c1-3-7-49-36(6-1)23-25-52-51(49)27-28-54-53(52)26-24-38-12-14-48(34-56(38)54)46-22-20-42-30-40(16-18-44(42)32-46)39-15-17-43-31-45(21-19-41(43)29-39)47-13-11-37-10-9-35-5-2-4-8-50(35)55(37)33-47/h1-34,41,43H. The molecular formula is C56H36. The molecule has 0 radical (unpaired) electrons. The summed E-state index contributed by atoms with van der Waals surface area (Å²) in [4.78, 5) is 0. The molecule has 0 aliphatic heterocycles. The van der Waals surface area contributed by atoms with E-state index in [-0.39, 0.29) is 0 Å². The summed E-state index contributed by atoms with van der Waals surface area (Å²) in [5, 5.41) is 18.1. The van der Waals surface area contributed by atoms with Gasteiger partial charge in [0.05, 0.1) is 0 Å². The van der Waals surface area contributed by atoms with Crippen LogP contribution in [0, 0.1) is 11.8 Å². The molecule has 2 atom stereocenters. The van der Waals surface area contributed by atoms with Crippen molar-refractivity contribution in [3.8, 4) is 11.1 Å². The van der Waals surface area contributed by atoms with Crippen LogP contribution >= 0.6 is 0 Å². The Morgan fingerprint density at radius 1 is 0.250 bits per heavy atom. The maximum absolute atomic E-state index is 2.45. The van der Waals surface area contributed by atoms with E-state index in [4.69, 9.17) is 0 Å². The molecule has 12 rings (SSSR count). The van der Waals surface area contributed by atoms with Crippen LogP contribution in [0.5, 0.6) is 0 Å². The molecule has 10 aromatic carbocycles. The molecule has 0 saturated heterocycles. The van der Waals surface area contributed by atoms with E-state index in [2.05, 4.69) is 206 Å². The van der Waals surface area contributed by atoms with Crippen LogP contribution in [0.25, 0.3) is 97.7 Å². The van der Waals surface area contributed by atoms with E-state index in [0.717, 1.165) is 0 Å². The third-order valence-electron chi connectivity index (χ3n) is 12.5. The summed E-state index contributed by atoms with van der Waals surface area (Å²) in [6.07, 6.45) is 14.3. The van der Waals surface area contributed by atoms with E-state index in [1.807, 2.05) is 0 Å². The lowest BCUT2D eigenvalue weighted by Gasteiger charge is -2.26. The first-order valence-corrected chi connectivity index (χ1v) is 19.7. The lowest BCUT2D eigenvalue weighted by Crippen LogP contribution is -2.13. The Morgan fingerprint density at radius 3 is 1.23 bits per heavy atom. The maximum Gasteiger partial charge on any atom is 0.00571 e. The van der Waals surface area contributed by atoms with Gasteiger partial charge < -0.3 is 0 Å². The van der Waals surface area contributed by atoms with E-state index in [1.165, 1.54) is 109 Å². The van der Waals surface area contributed by atoms with E-state index >= 15 is 0 Å². The Labute approximate surface area is 325 Å². The highest BCUT2D eigenvalue weighted by molar-refractivity contribution is 6.22. The summed E-state index contributed by atoms with van der Waals surface area (Å²) in [5.74, 6) is 0.696. The number of hydrogen-bond acceptors (Lipinski definition) is 0. The number of fused-ring (bicyclic) bond motifs is 12. The molecule has 56 heavy (non-hydrogen) atoms. The smallest absolute Gasteiger partial charge is 0.00571 e. The van der Waals surface area contributed by atoms with Gasteiger partial charge in [-0.15, -0.1) is 0 Å². The highest BCUT2D eigenvalue weighted by atomic mass is 14.3. The molecule has 260 valence electrons. The van der Waals surface area contributed by atoms with Crippen molar-refractivity contribution in [2.24, 2.45) is 11.8 Å². The van der Waals surface area contributed by atoms with Crippen LogP contribution in [0.3, 0.4) is 0 Å². The summed E-state index contributed by atoms with van der Waals surface area (Å²) in [5.41, 5.74) is 7.61. The summed E-state index contributed by atoms with van der Waals surface area (Å²) in [6, 6.07) is 63.3. The van der Waals surface area contributed by atoms with Crippen molar-refractivity contribution in [3.63, 3.8) is 0 Å². The maximum atomic E-state index is 2.45. The molecule has 2 aliphatic rings. The Bertz CT molecular complexity index is 3420. The fourth-order valence-electron chi connectivity index (χ4n) is 9.53. The van der Waals surface area contributed by atoms with Gasteiger partial charge in [0.15, 0.2) is 0 Å². The lowest BCUT2D eigenvalue weighted by molar-refractivity contribution is 0.665. The van der Waals surface area contributed by atoms with Gasteiger partial charge >= 0.3 is 0 Å². The van der Waals surface area contributed by atoms with Crippen molar-refractivity contribution in [2.75, 3.05) is 0 Å². The summed E-state index contributed by atoms with van der Waals surface area (Å²) >= 11 is 0. The SMILES string of the molecule is C1=CC2C=C(c3ccc4ccc5ccccc5c4c3)C=CC2C=C1c1ccc2cc(-c3ccc4ccc5c(ccc6c7ccccc7ccc65)c4c3)ccc2c1. The number of rotatable bonds is 3. The van der Waals surface area contributed by atoms with Crippen LogP contribution in [0.4, 0.5) is 0 Å². The van der Waals surface area contributed by atoms with Crippen LogP contribution in [-0.2, 0) is 0 Å². The van der Waals surface area contributed by atoms with Crippen LogP contribution in [-0.4, -0.2) is 0 Å². The van der Waals surface area contributed by atoms with Crippen LogP contribution < -0.4 is 0 Å². The fourth-order valence-corrected chi connectivity index (χ4v) is 9.53. The van der Waals surface area contributed by atoms with Crippen molar-refractivity contribution in [2.45, 2.75) is 0 Å². The molecule has 0 saturated carbocycles. The first-order valence-electron chi connectivity index (χ1n) is 19.7. The van der Waals surface area contributed by atoms with Crippen LogP contribution in [0.15, 0.2) is 206 Å². The average molecular weight is 709 g/mol. The molecule has 0 amide bonds. The predicted molar refractivity (Wildman–Crippen MR) is 242 cm³/mol. The van der Waals surface area contributed by atoms with Crippen LogP contribution in [0.2, 0.25) is 0 Å². The monoisotopic (exact) mass is 708 g/mol. The summed E-state index contributed by atoms with van der Waals surface area (Å²) in [7, 11) is 0. The Balaban J connectivity index is 0.836. The second-order valence-electron chi connectivity index (χ2n) is 15.7. The van der Waals surface area contributed by atoms with E-state index < -0.39 is 0 Å². The Kier molecular flexibility index (Phi) is 6.86. The fraction of sp³-hybridized carbons (Fsp3) is 0.0357. The molecule has 0 spiro atoms. The number of hydrogen-bond donors (Lipinski definition) is 0. The highest BCUT2D eigenvalue weighted by Gasteiger charge is 2.22. The third kappa shape index (κ3) is 5.00. The molecule has 0 bridgehead atoms. The van der Waals surface area contributed by atoms with Gasteiger partial charge in [0.2, 0.25) is 0 Å². The van der Waals surface area contributed by atoms with E-state index in [9.17, 15) is 0 Å². The van der Waals surface area contributed by atoms with Gasteiger partial charge in [-0.2, -0.15) is 0 Å². The molecule has 0 heterocycles. The Hall–Kier alpha value is -7.02. The molecule has 10 aromatic rings.